The summed E-state index contributed by atoms with van der Waals surface area (Å²) < 4.78 is 11.0. The second-order valence-corrected chi connectivity index (χ2v) is 7.76. The van der Waals surface area contributed by atoms with Gasteiger partial charge in [-0.05, 0) is 41.9 Å². The van der Waals surface area contributed by atoms with E-state index in [4.69, 9.17) is 9.47 Å². The fourth-order valence-corrected chi connectivity index (χ4v) is 4.96. The van der Waals surface area contributed by atoms with Crippen LogP contribution in [-0.4, -0.2) is 32.7 Å². The minimum Gasteiger partial charge on any atom is -0.493 e. The van der Waals surface area contributed by atoms with Gasteiger partial charge in [0.05, 0.1) is 14.2 Å². The van der Waals surface area contributed by atoms with Crippen molar-refractivity contribution >= 4 is 0 Å². The zero-order chi connectivity index (χ0) is 16.8. The molecule has 126 valence electrons. The lowest BCUT2D eigenvalue weighted by Crippen LogP contribution is -2.46. The second-order valence-electron chi connectivity index (χ2n) is 7.76. The molecule has 0 bridgehead atoms. The van der Waals surface area contributed by atoms with Crippen molar-refractivity contribution in [2.75, 3.05) is 27.8 Å². The van der Waals surface area contributed by atoms with E-state index in [0.717, 1.165) is 24.5 Å². The van der Waals surface area contributed by atoms with Gasteiger partial charge >= 0.3 is 0 Å². The predicted octanol–water partition coefficient (Wildman–Crippen LogP) is 4.23. The zero-order valence-electron chi connectivity index (χ0n) is 15.3. The second kappa shape index (κ2) is 5.47. The number of likely N-dealkylation sites (N-methyl/N-ethyl adjacent to an activating group) is 1. The van der Waals surface area contributed by atoms with Crippen molar-refractivity contribution in [2.24, 2.45) is 11.3 Å². The molecular formula is C20H29NO2. The normalized spacial score (nSPS) is 29.0. The Kier molecular flexibility index (Phi) is 3.86. The minimum absolute atomic E-state index is 0.0633. The van der Waals surface area contributed by atoms with Crippen LogP contribution in [0.3, 0.4) is 0 Å². The van der Waals surface area contributed by atoms with Gasteiger partial charge in [0, 0.05) is 24.7 Å². The molecule has 3 rings (SSSR count). The van der Waals surface area contributed by atoms with E-state index in [1.165, 1.54) is 17.7 Å². The zero-order valence-corrected chi connectivity index (χ0v) is 15.3. The number of methoxy groups -OCH3 is 2. The Morgan fingerprint density at radius 2 is 1.83 bits per heavy atom. The van der Waals surface area contributed by atoms with E-state index in [0.29, 0.717) is 5.92 Å². The van der Waals surface area contributed by atoms with Crippen LogP contribution in [0.4, 0.5) is 0 Å². The van der Waals surface area contributed by atoms with Crippen LogP contribution in [0.15, 0.2) is 30.0 Å². The Hall–Kier alpha value is -1.64. The predicted molar refractivity (Wildman–Crippen MR) is 94.1 cm³/mol. The van der Waals surface area contributed by atoms with Gasteiger partial charge in [-0.2, -0.15) is 0 Å². The first-order valence-corrected chi connectivity index (χ1v) is 8.51. The Morgan fingerprint density at radius 1 is 1.13 bits per heavy atom. The molecule has 1 aromatic carbocycles. The summed E-state index contributed by atoms with van der Waals surface area (Å²) in [5, 5.41) is 0. The van der Waals surface area contributed by atoms with Crippen LogP contribution in [0.1, 0.15) is 39.2 Å². The Bertz CT molecular complexity index is 635. The largest absolute Gasteiger partial charge is 0.493 e. The van der Waals surface area contributed by atoms with Crippen molar-refractivity contribution in [1.82, 2.24) is 4.90 Å². The summed E-state index contributed by atoms with van der Waals surface area (Å²) in [5.41, 5.74) is 3.10. The molecule has 0 unspecified atom stereocenters. The Morgan fingerprint density at radius 3 is 2.48 bits per heavy atom. The molecule has 0 saturated carbocycles. The molecule has 0 radical (unpaired) electrons. The molecule has 1 aliphatic carbocycles. The molecule has 1 heterocycles. The van der Waals surface area contributed by atoms with E-state index < -0.39 is 0 Å². The maximum absolute atomic E-state index is 5.57. The highest BCUT2D eigenvalue weighted by Gasteiger charge is 2.55. The standard InChI is InChI=1S/C20H29NO2/c1-14-11-18-20(9-10-21(18)4,19(2,3)13-14)15-7-8-16(22-5)17(12-15)23-6/h7-8,11-12,14H,9-10,13H2,1-6H3/t14-,20-/m1/s1. The van der Waals surface area contributed by atoms with Crippen molar-refractivity contribution in [1.29, 1.82) is 0 Å². The van der Waals surface area contributed by atoms with Crippen molar-refractivity contribution in [3.63, 3.8) is 0 Å². The van der Waals surface area contributed by atoms with Crippen LogP contribution in [0.5, 0.6) is 11.5 Å². The van der Waals surface area contributed by atoms with Gasteiger partial charge in [0.15, 0.2) is 11.5 Å². The topological polar surface area (TPSA) is 21.7 Å². The number of fused-ring (bicyclic) bond motifs is 1. The van der Waals surface area contributed by atoms with Crippen LogP contribution < -0.4 is 9.47 Å². The number of benzene rings is 1. The third-order valence-corrected chi connectivity index (χ3v) is 5.98. The molecule has 3 nitrogen and oxygen atoms in total. The molecule has 2 aliphatic rings. The van der Waals surface area contributed by atoms with E-state index >= 15 is 0 Å². The van der Waals surface area contributed by atoms with Crippen LogP contribution >= 0.6 is 0 Å². The van der Waals surface area contributed by atoms with E-state index in [2.05, 4.69) is 50.9 Å². The van der Waals surface area contributed by atoms with E-state index in [1.54, 1.807) is 14.2 Å². The lowest BCUT2D eigenvalue weighted by Gasteiger charge is -2.50. The first-order chi connectivity index (χ1) is 10.9. The fraction of sp³-hybridized carbons (Fsp3) is 0.600. The summed E-state index contributed by atoms with van der Waals surface area (Å²) in [6, 6.07) is 6.46. The van der Waals surface area contributed by atoms with Gasteiger partial charge in [-0.1, -0.05) is 32.9 Å². The molecule has 0 amide bonds. The van der Waals surface area contributed by atoms with E-state index in [9.17, 15) is 0 Å². The van der Waals surface area contributed by atoms with Crippen molar-refractivity contribution < 1.29 is 9.47 Å². The maximum atomic E-state index is 5.57. The quantitative estimate of drug-likeness (QED) is 0.833. The molecule has 1 aliphatic heterocycles. The van der Waals surface area contributed by atoms with Crippen molar-refractivity contribution in [2.45, 2.75) is 39.0 Å². The number of rotatable bonds is 3. The smallest absolute Gasteiger partial charge is 0.161 e. The first-order valence-electron chi connectivity index (χ1n) is 8.51. The average Bonchev–Trinajstić information content (AvgIpc) is 2.85. The van der Waals surface area contributed by atoms with Gasteiger partial charge in [0.25, 0.3) is 0 Å². The SMILES string of the molecule is COc1ccc([C@]23CCN(C)C2=C[C@@H](C)CC3(C)C)cc1OC. The number of ether oxygens (including phenoxy) is 2. The summed E-state index contributed by atoms with van der Waals surface area (Å²) in [5.74, 6) is 2.24. The van der Waals surface area contributed by atoms with Crippen LogP contribution in [0, 0.1) is 11.3 Å². The average molecular weight is 315 g/mol. The monoisotopic (exact) mass is 315 g/mol. The lowest BCUT2D eigenvalue weighted by molar-refractivity contribution is 0.146. The van der Waals surface area contributed by atoms with E-state index in [-0.39, 0.29) is 10.8 Å². The third kappa shape index (κ3) is 2.24. The van der Waals surface area contributed by atoms with Gasteiger partial charge in [-0.25, -0.2) is 0 Å². The number of likely N-dealkylation sites (tertiary alicyclic amines) is 1. The van der Waals surface area contributed by atoms with Crippen molar-refractivity contribution in [3.8, 4) is 11.5 Å². The molecule has 1 fully saturated rings. The summed E-state index contributed by atoms with van der Waals surface area (Å²) >= 11 is 0. The maximum Gasteiger partial charge on any atom is 0.161 e. The molecule has 0 aromatic heterocycles. The lowest BCUT2D eigenvalue weighted by atomic mass is 9.54. The molecule has 1 aromatic rings. The highest BCUT2D eigenvalue weighted by atomic mass is 16.5. The van der Waals surface area contributed by atoms with Crippen LogP contribution in [0.25, 0.3) is 0 Å². The molecular weight excluding hydrogens is 286 g/mol. The molecule has 0 spiro atoms. The van der Waals surface area contributed by atoms with Gasteiger partial charge in [-0.15, -0.1) is 0 Å². The molecule has 0 N–H and O–H groups in total. The van der Waals surface area contributed by atoms with Gasteiger partial charge in [-0.3, -0.25) is 0 Å². The number of hydrogen-bond acceptors (Lipinski definition) is 3. The summed E-state index contributed by atoms with van der Waals surface area (Å²) in [6.45, 7) is 8.29. The number of nitrogens with zero attached hydrogens (tertiary/aromatic N) is 1. The summed E-state index contributed by atoms with van der Waals surface area (Å²) in [6.07, 6.45) is 4.85. The summed E-state index contributed by atoms with van der Waals surface area (Å²) in [7, 11) is 5.63. The third-order valence-electron chi connectivity index (χ3n) is 5.98. The van der Waals surface area contributed by atoms with Gasteiger partial charge < -0.3 is 14.4 Å². The molecule has 23 heavy (non-hydrogen) atoms. The summed E-state index contributed by atoms with van der Waals surface area (Å²) in [4.78, 5) is 2.44. The Labute approximate surface area is 140 Å². The van der Waals surface area contributed by atoms with Gasteiger partial charge in [0.1, 0.15) is 0 Å². The van der Waals surface area contributed by atoms with Gasteiger partial charge in [0.2, 0.25) is 0 Å². The number of allylic oxidation sites excluding steroid dienone is 2. The van der Waals surface area contributed by atoms with Crippen molar-refractivity contribution in [3.05, 3.63) is 35.5 Å². The first kappa shape index (κ1) is 16.2. The van der Waals surface area contributed by atoms with E-state index in [1.807, 2.05) is 6.07 Å². The van der Waals surface area contributed by atoms with Crippen LogP contribution in [0.2, 0.25) is 0 Å². The molecule has 2 atom stereocenters. The molecule has 3 heteroatoms. The highest BCUT2D eigenvalue weighted by molar-refractivity contribution is 5.51. The van der Waals surface area contributed by atoms with Crippen LogP contribution in [-0.2, 0) is 5.41 Å². The minimum atomic E-state index is 0.0633. The highest BCUT2D eigenvalue weighted by Crippen LogP contribution is 2.59. The number of hydrogen-bond donors (Lipinski definition) is 0. The Balaban J connectivity index is 2.20. The molecule has 1 saturated heterocycles. The fourth-order valence-electron chi connectivity index (χ4n) is 4.96.